The molecule has 1 saturated heterocycles. The van der Waals surface area contributed by atoms with Gasteiger partial charge in [0.05, 0.1) is 17.5 Å². The molecule has 1 fully saturated rings. The summed E-state index contributed by atoms with van der Waals surface area (Å²) in [5.74, 6) is 0.772. The number of amides is 1. The number of pyridine rings is 1. The van der Waals surface area contributed by atoms with Crippen molar-refractivity contribution >= 4 is 27.6 Å². The molecule has 0 bridgehead atoms. The van der Waals surface area contributed by atoms with E-state index in [1.165, 1.54) is 31.4 Å². The Balaban J connectivity index is 1.90. The molecule has 0 unspecified atom stereocenters. The average molecular weight is 474 g/mol. The van der Waals surface area contributed by atoms with E-state index in [-0.39, 0.29) is 35.9 Å². The van der Waals surface area contributed by atoms with Crippen LogP contribution in [0.1, 0.15) is 35.8 Å². The Morgan fingerprint density at radius 2 is 2.18 bits per heavy atom. The maximum atomic E-state index is 14.9. The maximum Gasteiger partial charge on any atom is 0.274 e. The topological polar surface area (TPSA) is 124 Å². The zero-order valence-corrected chi connectivity index (χ0v) is 19.0. The zero-order valence-electron chi connectivity index (χ0n) is 18.2. The third-order valence-corrected chi connectivity index (χ3v) is 7.10. The highest BCUT2D eigenvalue weighted by Crippen LogP contribution is 2.35. The summed E-state index contributed by atoms with van der Waals surface area (Å²) >= 11 is 0. The first-order valence-electron chi connectivity index (χ1n) is 10.1. The molecule has 33 heavy (non-hydrogen) atoms. The number of carbonyl (C=O) groups excluding carboxylic acids is 1. The molecule has 1 aliphatic rings. The van der Waals surface area contributed by atoms with Crippen molar-refractivity contribution in [3.63, 3.8) is 0 Å². The van der Waals surface area contributed by atoms with Gasteiger partial charge in [-0.2, -0.15) is 0 Å². The van der Waals surface area contributed by atoms with Crippen molar-refractivity contribution in [2.45, 2.75) is 25.3 Å². The Kier molecular flexibility index (Phi) is 6.88. The standard InChI is InChI=1S/C22H24FN5O4S/c1-4-10-22(14-33(30,31)28(3)21(24)27-22)17-12-15(6-8-18(17)23)26-20(29)19-9-7-16(13-25-19)32-11-5-2/h2,6-9,12-13H,4,10-11,14H2,1,3H3,(H2,24,27)(H,26,29)/t22-/m0/s1. The number of anilines is 1. The average Bonchev–Trinajstić information content (AvgIpc) is 2.77. The summed E-state index contributed by atoms with van der Waals surface area (Å²) in [7, 11) is -2.57. The fourth-order valence-electron chi connectivity index (χ4n) is 3.62. The van der Waals surface area contributed by atoms with Gasteiger partial charge in [-0.05, 0) is 36.8 Å². The first-order valence-corrected chi connectivity index (χ1v) is 11.7. The van der Waals surface area contributed by atoms with E-state index >= 15 is 0 Å². The van der Waals surface area contributed by atoms with E-state index in [4.69, 9.17) is 16.6 Å². The van der Waals surface area contributed by atoms with E-state index in [0.29, 0.717) is 12.2 Å². The third kappa shape index (κ3) is 5.06. The fourth-order valence-corrected chi connectivity index (χ4v) is 5.13. The number of guanidine groups is 1. The summed E-state index contributed by atoms with van der Waals surface area (Å²) in [6.07, 6.45) is 7.29. The number of hydrogen-bond acceptors (Lipinski definition) is 6. The van der Waals surface area contributed by atoms with Crippen molar-refractivity contribution in [3.05, 3.63) is 53.6 Å². The summed E-state index contributed by atoms with van der Waals surface area (Å²) < 4.78 is 46.2. The number of sulfonamides is 1. The van der Waals surface area contributed by atoms with Crippen LogP contribution in [0.5, 0.6) is 5.75 Å². The highest BCUT2D eigenvalue weighted by Gasteiger charge is 2.46. The summed E-state index contributed by atoms with van der Waals surface area (Å²) in [6.45, 7) is 1.91. The van der Waals surface area contributed by atoms with Crippen LogP contribution in [-0.4, -0.2) is 49.0 Å². The second kappa shape index (κ2) is 9.46. The SMILES string of the molecule is C#CCOc1ccc(C(=O)Nc2ccc(F)c([C@]3(CCC)CS(=O)(=O)N(C)C(=N)N3)c2)nc1. The maximum absolute atomic E-state index is 14.9. The van der Waals surface area contributed by atoms with Crippen LogP contribution in [0.15, 0.2) is 36.5 Å². The van der Waals surface area contributed by atoms with Crippen molar-refractivity contribution in [3.8, 4) is 18.1 Å². The molecule has 2 aromatic rings. The highest BCUT2D eigenvalue weighted by atomic mass is 32.2. The summed E-state index contributed by atoms with van der Waals surface area (Å²) in [5, 5.41) is 13.6. The van der Waals surface area contributed by atoms with Gasteiger partial charge >= 0.3 is 0 Å². The third-order valence-electron chi connectivity index (χ3n) is 5.23. The monoisotopic (exact) mass is 473 g/mol. The van der Waals surface area contributed by atoms with Gasteiger partial charge in [-0.3, -0.25) is 10.2 Å². The Morgan fingerprint density at radius 3 is 2.79 bits per heavy atom. The molecule has 1 atom stereocenters. The second-order valence-corrected chi connectivity index (χ2v) is 9.55. The number of rotatable bonds is 7. The first kappa shape index (κ1) is 24.0. The van der Waals surface area contributed by atoms with E-state index in [1.807, 2.05) is 6.92 Å². The van der Waals surface area contributed by atoms with E-state index in [1.54, 1.807) is 6.07 Å². The number of benzene rings is 1. The van der Waals surface area contributed by atoms with Gasteiger partial charge in [-0.15, -0.1) is 6.42 Å². The zero-order chi connectivity index (χ0) is 24.2. The van der Waals surface area contributed by atoms with Gasteiger partial charge < -0.3 is 15.4 Å². The molecular weight excluding hydrogens is 449 g/mol. The Labute approximate surface area is 191 Å². The van der Waals surface area contributed by atoms with E-state index < -0.39 is 33.0 Å². The van der Waals surface area contributed by atoms with Gasteiger partial charge in [0.1, 0.15) is 23.9 Å². The van der Waals surface area contributed by atoms with Crippen molar-refractivity contribution < 1.29 is 22.3 Å². The molecule has 0 saturated carbocycles. The van der Waals surface area contributed by atoms with Crippen molar-refractivity contribution in [2.75, 3.05) is 24.7 Å². The Bertz CT molecular complexity index is 1210. The van der Waals surface area contributed by atoms with E-state index in [2.05, 4.69) is 21.5 Å². The lowest BCUT2D eigenvalue weighted by molar-refractivity contribution is 0.102. The van der Waals surface area contributed by atoms with Gasteiger partial charge in [0.25, 0.3) is 5.91 Å². The van der Waals surface area contributed by atoms with Crippen molar-refractivity contribution in [2.24, 2.45) is 0 Å². The molecular formula is C22H24FN5O4S. The molecule has 0 spiro atoms. The molecule has 3 N–H and O–H groups in total. The van der Waals surface area contributed by atoms with Crippen LogP contribution in [0.4, 0.5) is 10.1 Å². The molecule has 1 aromatic carbocycles. The van der Waals surface area contributed by atoms with Crippen LogP contribution in [0.3, 0.4) is 0 Å². The number of terminal acetylenes is 1. The van der Waals surface area contributed by atoms with Gasteiger partial charge in [0, 0.05) is 18.3 Å². The number of halogens is 1. The lowest BCUT2D eigenvalue weighted by Gasteiger charge is -2.42. The van der Waals surface area contributed by atoms with Gasteiger partial charge in [-0.25, -0.2) is 22.1 Å². The Hall–Kier alpha value is -3.65. The minimum absolute atomic E-state index is 0.0505. The molecule has 174 valence electrons. The minimum Gasteiger partial charge on any atom is -0.479 e. The predicted molar refractivity (Wildman–Crippen MR) is 122 cm³/mol. The minimum atomic E-state index is -3.84. The van der Waals surface area contributed by atoms with Crippen molar-refractivity contribution in [1.82, 2.24) is 14.6 Å². The molecule has 2 heterocycles. The van der Waals surface area contributed by atoms with Gasteiger partial charge in [-0.1, -0.05) is 19.3 Å². The lowest BCUT2D eigenvalue weighted by atomic mass is 9.86. The number of nitrogens with zero attached hydrogens (tertiary/aromatic N) is 2. The fraction of sp³-hybridized carbons (Fsp3) is 0.318. The smallest absolute Gasteiger partial charge is 0.274 e. The van der Waals surface area contributed by atoms with Crippen molar-refractivity contribution in [1.29, 1.82) is 5.41 Å². The number of aromatic nitrogens is 1. The van der Waals surface area contributed by atoms with Gasteiger partial charge in [0.15, 0.2) is 0 Å². The molecule has 3 rings (SSSR count). The molecule has 1 aliphatic heterocycles. The van der Waals surface area contributed by atoms with Crippen LogP contribution in [-0.2, 0) is 15.6 Å². The predicted octanol–water partition coefficient (Wildman–Crippen LogP) is 2.28. The van der Waals surface area contributed by atoms with Crippen LogP contribution in [0.25, 0.3) is 0 Å². The first-order chi connectivity index (χ1) is 15.6. The normalized spacial score (nSPS) is 19.3. The van der Waals surface area contributed by atoms with Crippen LogP contribution >= 0.6 is 0 Å². The number of ether oxygens (including phenoxy) is 1. The number of carbonyl (C=O) groups is 1. The van der Waals surface area contributed by atoms with Crippen LogP contribution in [0, 0.1) is 23.6 Å². The lowest BCUT2D eigenvalue weighted by Crippen LogP contribution is -2.62. The summed E-state index contributed by atoms with van der Waals surface area (Å²) in [6, 6.07) is 6.91. The molecule has 1 amide bonds. The van der Waals surface area contributed by atoms with Gasteiger partial charge in [0.2, 0.25) is 16.0 Å². The van der Waals surface area contributed by atoms with E-state index in [9.17, 15) is 17.6 Å². The quantitative estimate of drug-likeness (QED) is 0.530. The molecule has 0 aliphatic carbocycles. The van der Waals surface area contributed by atoms with Crippen LogP contribution in [0.2, 0.25) is 0 Å². The van der Waals surface area contributed by atoms with E-state index in [0.717, 1.165) is 10.4 Å². The molecule has 11 heteroatoms. The summed E-state index contributed by atoms with van der Waals surface area (Å²) in [4.78, 5) is 16.7. The highest BCUT2D eigenvalue weighted by molar-refractivity contribution is 7.89. The summed E-state index contributed by atoms with van der Waals surface area (Å²) in [5.41, 5.74) is -0.949. The number of nitrogens with one attached hydrogen (secondary N) is 3. The number of hydrogen-bond donors (Lipinski definition) is 3. The molecule has 9 nitrogen and oxygen atoms in total. The molecule has 1 aromatic heterocycles. The largest absolute Gasteiger partial charge is 0.479 e. The van der Waals surface area contributed by atoms with Crippen LogP contribution < -0.4 is 15.4 Å². The Morgan fingerprint density at radius 1 is 1.42 bits per heavy atom. The second-order valence-electron chi connectivity index (χ2n) is 7.55. The molecule has 0 radical (unpaired) electrons.